The molecule has 0 aromatic rings. The molecule has 0 N–H and O–H groups in total. The second-order valence-electron chi connectivity index (χ2n) is 5.23. The zero-order valence-electron chi connectivity index (χ0n) is 9.96. The minimum absolute atomic E-state index is 0.740. The van der Waals surface area contributed by atoms with E-state index in [0.29, 0.717) is 0 Å². The normalized spacial score (nSPS) is 36.4. The van der Waals surface area contributed by atoms with Crippen molar-refractivity contribution in [1.29, 1.82) is 0 Å². The van der Waals surface area contributed by atoms with E-state index in [1.54, 1.807) is 5.57 Å². The summed E-state index contributed by atoms with van der Waals surface area (Å²) in [6, 6.07) is 0. The van der Waals surface area contributed by atoms with Crippen molar-refractivity contribution in [3.63, 3.8) is 0 Å². The van der Waals surface area contributed by atoms with Crippen LogP contribution < -0.4 is 0 Å². The smallest absolute Gasteiger partial charge is 0.0671 e. The maximum atomic E-state index is 5.68. The third kappa shape index (κ3) is 2.34. The topological polar surface area (TPSA) is 9.23 Å². The van der Waals surface area contributed by atoms with Gasteiger partial charge in [0.1, 0.15) is 0 Å². The molecule has 3 atom stereocenters. The molecule has 0 spiro atoms. The predicted octanol–water partition coefficient (Wildman–Crippen LogP) is 3.57. The highest BCUT2D eigenvalue weighted by atomic mass is 16.5. The Morgan fingerprint density at radius 3 is 2.87 bits per heavy atom. The lowest BCUT2D eigenvalue weighted by molar-refractivity contribution is 0.0985. The fourth-order valence-electron chi connectivity index (χ4n) is 3.18. The molecule has 2 aliphatic rings. The number of allylic oxidation sites excluding steroid dienone is 2. The van der Waals surface area contributed by atoms with Gasteiger partial charge in [0.2, 0.25) is 0 Å². The average Bonchev–Trinajstić information content (AvgIpc) is 2.75. The minimum Gasteiger partial charge on any atom is -0.377 e. The molecule has 2 rings (SSSR count). The lowest BCUT2D eigenvalue weighted by atomic mass is 9.86. The monoisotopic (exact) mass is 206 g/mol. The zero-order chi connectivity index (χ0) is 10.8. The summed E-state index contributed by atoms with van der Waals surface area (Å²) < 4.78 is 5.68. The lowest BCUT2D eigenvalue weighted by Crippen LogP contribution is -2.18. The Bertz CT molecular complexity index is 277. The molecule has 0 amide bonds. The van der Waals surface area contributed by atoms with Gasteiger partial charge in [-0.1, -0.05) is 23.8 Å². The van der Waals surface area contributed by atoms with Gasteiger partial charge in [0.15, 0.2) is 0 Å². The van der Waals surface area contributed by atoms with E-state index < -0.39 is 0 Å². The molecule has 2 fully saturated rings. The predicted molar refractivity (Wildman–Crippen MR) is 63.7 cm³/mol. The first kappa shape index (κ1) is 10.9. The minimum atomic E-state index is 0.740. The molecule has 0 saturated heterocycles. The molecule has 0 aromatic carbocycles. The zero-order valence-corrected chi connectivity index (χ0v) is 9.96. The maximum absolute atomic E-state index is 5.68. The van der Waals surface area contributed by atoms with E-state index in [1.807, 2.05) is 6.92 Å². The van der Waals surface area contributed by atoms with Gasteiger partial charge in [0.05, 0.1) is 13.2 Å². The van der Waals surface area contributed by atoms with Crippen molar-refractivity contribution in [2.75, 3.05) is 13.2 Å². The molecule has 0 radical (unpaired) electrons. The molecule has 2 saturated carbocycles. The molecule has 0 aromatic heterocycles. The fraction of sp³-hybridized carbons (Fsp3) is 0.714. The molecule has 0 heterocycles. The van der Waals surface area contributed by atoms with Crippen molar-refractivity contribution in [3.8, 4) is 0 Å². The molecule has 0 aliphatic heterocycles. The van der Waals surface area contributed by atoms with Crippen LogP contribution in [0, 0.1) is 17.8 Å². The molecule has 2 aliphatic carbocycles. The Morgan fingerprint density at radius 2 is 2.33 bits per heavy atom. The van der Waals surface area contributed by atoms with Crippen molar-refractivity contribution >= 4 is 0 Å². The largest absolute Gasteiger partial charge is 0.377 e. The summed E-state index contributed by atoms with van der Waals surface area (Å²) in [6.07, 6.45) is 6.44. The van der Waals surface area contributed by atoms with E-state index in [1.165, 1.54) is 19.3 Å². The molecular formula is C14H22O. The van der Waals surface area contributed by atoms with Crippen LogP contribution in [0.1, 0.15) is 33.1 Å². The van der Waals surface area contributed by atoms with Gasteiger partial charge in [-0.3, -0.25) is 0 Å². The summed E-state index contributed by atoms with van der Waals surface area (Å²) in [7, 11) is 0. The number of hydrogen-bond acceptors (Lipinski definition) is 1. The molecular weight excluding hydrogens is 184 g/mol. The Hall–Kier alpha value is -0.560. The molecule has 1 heteroatoms. The SMILES string of the molecule is C=C(C)COCC1C[C@@H]2C[C@H]1CC2=CC. The number of hydrogen-bond donors (Lipinski definition) is 0. The van der Waals surface area contributed by atoms with E-state index in [9.17, 15) is 0 Å². The Morgan fingerprint density at radius 1 is 1.53 bits per heavy atom. The van der Waals surface area contributed by atoms with E-state index in [4.69, 9.17) is 4.74 Å². The average molecular weight is 206 g/mol. The third-order valence-electron chi connectivity index (χ3n) is 3.91. The quantitative estimate of drug-likeness (QED) is 0.639. The van der Waals surface area contributed by atoms with Crippen LogP contribution in [-0.2, 0) is 4.74 Å². The maximum Gasteiger partial charge on any atom is 0.0671 e. The molecule has 2 bridgehead atoms. The van der Waals surface area contributed by atoms with Crippen LogP contribution >= 0.6 is 0 Å². The van der Waals surface area contributed by atoms with Crippen molar-refractivity contribution in [2.45, 2.75) is 33.1 Å². The van der Waals surface area contributed by atoms with E-state index >= 15 is 0 Å². The lowest BCUT2D eigenvalue weighted by Gasteiger charge is -2.23. The van der Waals surface area contributed by atoms with Crippen molar-refractivity contribution in [1.82, 2.24) is 0 Å². The van der Waals surface area contributed by atoms with Crippen LogP contribution in [0.4, 0.5) is 0 Å². The third-order valence-corrected chi connectivity index (χ3v) is 3.91. The highest BCUT2D eigenvalue weighted by Crippen LogP contribution is 2.51. The fourth-order valence-corrected chi connectivity index (χ4v) is 3.18. The van der Waals surface area contributed by atoms with E-state index in [-0.39, 0.29) is 0 Å². The van der Waals surface area contributed by atoms with Gasteiger partial charge in [0.25, 0.3) is 0 Å². The van der Waals surface area contributed by atoms with Crippen LogP contribution in [-0.4, -0.2) is 13.2 Å². The van der Waals surface area contributed by atoms with Crippen LogP contribution in [0.15, 0.2) is 23.8 Å². The van der Waals surface area contributed by atoms with Gasteiger partial charge in [0, 0.05) is 0 Å². The number of rotatable bonds is 4. The van der Waals surface area contributed by atoms with Crippen molar-refractivity contribution < 1.29 is 4.74 Å². The molecule has 84 valence electrons. The van der Waals surface area contributed by atoms with Gasteiger partial charge < -0.3 is 4.74 Å². The van der Waals surface area contributed by atoms with Gasteiger partial charge in [-0.2, -0.15) is 0 Å². The summed E-state index contributed by atoms with van der Waals surface area (Å²) in [5, 5.41) is 0. The summed E-state index contributed by atoms with van der Waals surface area (Å²) in [6.45, 7) is 9.76. The van der Waals surface area contributed by atoms with Crippen LogP contribution in [0.2, 0.25) is 0 Å². The van der Waals surface area contributed by atoms with Gasteiger partial charge in [-0.25, -0.2) is 0 Å². The Labute approximate surface area is 93.2 Å². The van der Waals surface area contributed by atoms with Crippen molar-refractivity contribution in [2.24, 2.45) is 17.8 Å². The van der Waals surface area contributed by atoms with Gasteiger partial charge in [-0.05, 0) is 50.9 Å². The summed E-state index contributed by atoms with van der Waals surface area (Å²) in [5.41, 5.74) is 2.84. The first-order valence-electron chi connectivity index (χ1n) is 6.08. The number of fused-ring (bicyclic) bond motifs is 2. The van der Waals surface area contributed by atoms with E-state index in [0.717, 1.165) is 36.5 Å². The van der Waals surface area contributed by atoms with Crippen LogP contribution in [0.5, 0.6) is 0 Å². The molecule has 1 nitrogen and oxygen atoms in total. The summed E-state index contributed by atoms with van der Waals surface area (Å²) in [4.78, 5) is 0. The summed E-state index contributed by atoms with van der Waals surface area (Å²) in [5.74, 6) is 2.61. The van der Waals surface area contributed by atoms with Gasteiger partial charge in [-0.15, -0.1) is 0 Å². The van der Waals surface area contributed by atoms with Crippen molar-refractivity contribution in [3.05, 3.63) is 23.8 Å². The second kappa shape index (κ2) is 4.52. The van der Waals surface area contributed by atoms with Gasteiger partial charge >= 0.3 is 0 Å². The molecule has 15 heavy (non-hydrogen) atoms. The first-order valence-corrected chi connectivity index (χ1v) is 6.08. The number of ether oxygens (including phenoxy) is 1. The Balaban J connectivity index is 1.77. The van der Waals surface area contributed by atoms with Crippen LogP contribution in [0.3, 0.4) is 0 Å². The molecule has 1 unspecified atom stereocenters. The first-order chi connectivity index (χ1) is 7.20. The van der Waals surface area contributed by atoms with Crippen LogP contribution in [0.25, 0.3) is 0 Å². The van der Waals surface area contributed by atoms with E-state index in [2.05, 4.69) is 19.6 Å². The Kier molecular flexibility index (Phi) is 3.30. The second-order valence-corrected chi connectivity index (χ2v) is 5.23. The summed E-state index contributed by atoms with van der Waals surface area (Å²) >= 11 is 0. The highest BCUT2D eigenvalue weighted by Gasteiger charge is 2.41. The highest BCUT2D eigenvalue weighted by molar-refractivity contribution is 5.17. The standard InChI is InChI=1S/C14H22O/c1-4-11-5-13-6-12(11)7-14(13)9-15-8-10(2)3/h4,12-14H,2,5-9H2,1,3H3/t12-,13+,14?/m0/s1.